The van der Waals surface area contributed by atoms with E-state index in [4.69, 9.17) is 16.3 Å². The molecule has 2 heterocycles. The lowest BCUT2D eigenvalue weighted by atomic mass is 10.0. The number of carbonyl (C=O) groups excluding carboxylic acids is 1. The molecule has 1 amide bonds. The van der Waals surface area contributed by atoms with E-state index in [-0.39, 0.29) is 21.3 Å². The number of amides is 1. The normalized spacial score (nSPS) is 16.0. The van der Waals surface area contributed by atoms with Gasteiger partial charge in [-0.15, -0.1) is 0 Å². The molecule has 1 aromatic heterocycles. The summed E-state index contributed by atoms with van der Waals surface area (Å²) in [6.45, 7) is 12.1. The van der Waals surface area contributed by atoms with Gasteiger partial charge in [-0.25, -0.2) is 21.6 Å². The van der Waals surface area contributed by atoms with Gasteiger partial charge in [0.15, 0.2) is 0 Å². The number of rotatable bonds is 11. The Morgan fingerprint density at radius 3 is 2.28 bits per heavy atom. The van der Waals surface area contributed by atoms with Crippen molar-refractivity contribution in [2.24, 2.45) is 5.92 Å². The standard InChI is InChI=1S/C35H42ClN3O6S2/c1-6-31-26(5)39(17-8-18-45-28-19-24(3)34(36)25(4)20-28)33-15-10-27(21-32(31)33)35(40)37-46(41,42)29-11-13-30(14-12-29)47(43,44)38-16-7-9-23(2)22-38/h10-15,19-21,23H,6-9,16-18,22H2,1-5H3,(H,37,40)/t23-/m1/s1. The summed E-state index contributed by atoms with van der Waals surface area (Å²) in [7, 11) is -8.00. The molecule has 3 aromatic carbocycles. The average Bonchev–Trinajstić information content (AvgIpc) is 3.30. The molecule has 0 radical (unpaired) electrons. The number of piperidine rings is 1. The molecule has 1 aliphatic heterocycles. The fraction of sp³-hybridized carbons (Fsp3) is 0.400. The van der Waals surface area contributed by atoms with E-state index in [1.165, 1.54) is 28.6 Å². The van der Waals surface area contributed by atoms with E-state index < -0.39 is 26.0 Å². The van der Waals surface area contributed by atoms with Gasteiger partial charge in [0.2, 0.25) is 10.0 Å². The maximum atomic E-state index is 13.2. The summed E-state index contributed by atoms with van der Waals surface area (Å²) >= 11 is 6.28. The second-order valence-corrected chi connectivity index (χ2v) is 16.4. The van der Waals surface area contributed by atoms with Gasteiger partial charge in [0, 0.05) is 46.8 Å². The summed E-state index contributed by atoms with van der Waals surface area (Å²) < 4.78 is 64.3. The molecule has 9 nitrogen and oxygen atoms in total. The molecule has 1 atom stereocenters. The molecule has 252 valence electrons. The molecular formula is C35H42ClN3O6S2. The van der Waals surface area contributed by atoms with Crippen molar-refractivity contribution in [2.75, 3.05) is 19.7 Å². The van der Waals surface area contributed by atoms with Crippen LogP contribution in [0, 0.1) is 26.7 Å². The van der Waals surface area contributed by atoms with Gasteiger partial charge in [0.05, 0.1) is 16.4 Å². The molecular weight excluding hydrogens is 658 g/mol. The third kappa shape index (κ3) is 7.38. The summed E-state index contributed by atoms with van der Waals surface area (Å²) in [4.78, 5) is 13.1. The van der Waals surface area contributed by atoms with Crippen molar-refractivity contribution in [3.05, 3.63) is 87.6 Å². The van der Waals surface area contributed by atoms with Gasteiger partial charge in [-0.1, -0.05) is 25.4 Å². The van der Waals surface area contributed by atoms with Crippen molar-refractivity contribution in [3.8, 4) is 5.75 Å². The Morgan fingerprint density at radius 1 is 0.979 bits per heavy atom. The van der Waals surface area contributed by atoms with Crippen LogP contribution in [-0.4, -0.2) is 51.3 Å². The molecule has 1 N–H and O–H groups in total. The smallest absolute Gasteiger partial charge is 0.265 e. The van der Waals surface area contributed by atoms with Gasteiger partial charge in [-0.2, -0.15) is 4.31 Å². The number of nitrogens with zero attached hydrogens (tertiary/aromatic N) is 2. The summed E-state index contributed by atoms with van der Waals surface area (Å²) in [6, 6.07) is 14.1. The number of hydrogen-bond acceptors (Lipinski definition) is 6. The minimum Gasteiger partial charge on any atom is -0.494 e. The number of fused-ring (bicyclic) bond motifs is 1. The molecule has 4 aromatic rings. The Kier molecular flexibility index (Phi) is 10.4. The molecule has 1 saturated heterocycles. The zero-order chi connectivity index (χ0) is 34.1. The Bertz CT molecular complexity index is 2000. The van der Waals surface area contributed by atoms with Crippen LogP contribution in [0.5, 0.6) is 5.75 Å². The highest BCUT2D eigenvalue weighted by molar-refractivity contribution is 7.90. The molecule has 5 rings (SSSR count). The zero-order valence-corrected chi connectivity index (χ0v) is 29.9. The average molecular weight is 700 g/mol. The molecule has 0 unspecified atom stereocenters. The molecule has 0 spiro atoms. The molecule has 0 saturated carbocycles. The third-order valence-electron chi connectivity index (χ3n) is 8.89. The maximum Gasteiger partial charge on any atom is 0.265 e. The fourth-order valence-electron chi connectivity index (χ4n) is 6.37. The van der Waals surface area contributed by atoms with E-state index in [0.29, 0.717) is 26.2 Å². The largest absolute Gasteiger partial charge is 0.494 e. The summed E-state index contributed by atoms with van der Waals surface area (Å²) in [5.41, 5.74) is 5.28. The van der Waals surface area contributed by atoms with Crippen molar-refractivity contribution >= 4 is 48.5 Å². The van der Waals surface area contributed by atoms with Crippen molar-refractivity contribution < 1.29 is 26.4 Å². The minimum absolute atomic E-state index is 0.0241. The quantitative estimate of drug-likeness (QED) is 0.173. The molecule has 47 heavy (non-hydrogen) atoms. The topological polar surface area (TPSA) is 115 Å². The monoisotopic (exact) mass is 699 g/mol. The van der Waals surface area contributed by atoms with Crippen molar-refractivity contribution in [3.63, 3.8) is 0 Å². The van der Waals surface area contributed by atoms with Crippen molar-refractivity contribution in [1.82, 2.24) is 13.6 Å². The number of ether oxygens (including phenoxy) is 1. The van der Waals surface area contributed by atoms with Crippen molar-refractivity contribution in [2.45, 2.75) is 76.6 Å². The Morgan fingerprint density at radius 2 is 1.64 bits per heavy atom. The lowest BCUT2D eigenvalue weighted by Crippen LogP contribution is -2.39. The molecule has 0 aliphatic carbocycles. The number of aromatic nitrogens is 1. The number of hydrogen-bond donors (Lipinski definition) is 1. The minimum atomic E-state index is -4.26. The number of benzene rings is 3. The van der Waals surface area contributed by atoms with E-state index in [9.17, 15) is 21.6 Å². The molecule has 12 heteroatoms. The highest BCUT2D eigenvalue weighted by Crippen LogP contribution is 2.30. The Hall–Kier alpha value is -3.38. The van der Waals surface area contributed by atoms with E-state index in [1.54, 1.807) is 12.1 Å². The number of halogens is 1. The first-order chi connectivity index (χ1) is 22.2. The van der Waals surface area contributed by atoms with Crippen LogP contribution >= 0.6 is 11.6 Å². The van der Waals surface area contributed by atoms with E-state index in [1.807, 2.05) is 52.8 Å². The molecule has 1 fully saturated rings. The number of aryl methyl sites for hydroxylation is 4. The van der Waals surface area contributed by atoms with Crippen LogP contribution in [0.1, 0.15) is 65.9 Å². The van der Waals surface area contributed by atoms with Crippen molar-refractivity contribution in [1.29, 1.82) is 0 Å². The van der Waals surface area contributed by atoms with Crippen LogP contribution in [0.25, 0.3) is 10.9 Å². The zero-order valence-electron chi connectivity index (χ0n) is 27.5. The number of carbonyl (C=O) groups is 1. The first-order valence-corrected chi connectivity index (χ1v) is 19.2. The van der Waals surface area contributed by atoms with Gasteiger partial charge in [-0.05, 0) is 124 Å². The predicted octanol–water partition coefficient (Wildman–Crippen LogP) is 6.79. The van der Waals surface area contributed by atoms with Gasteiger partial charge >= 0.3 is 0 Å². The molecule has 0 bridgehead atoms. The Labute approximate surface area is 283 Å². The lowest BCUT2D eigenvalue weighted by Gasteiger charge is -2.30. The van der Waals surface area contributed by atoms with Crippen LogP contribution in [0.15, 0.2) is 64.4 Å². The van der Waals surface area contributed by atoms with Gasteiger partial charge in [0.25, 0.3) is 15.9 Å². The second-order valence-electron chi connectivity index (χ2n) is 12.4. The number of nitrogens with one attached hydrogen (secondary N) is 1. The lowest BCUT2D eigenvalue weighted by molar-refractivity contribution is 0.0981. The highest BCUT2D eigenvalue weighted by Gasteiger charge is 2.29. The van der Waals surface area contributed by atoms with Crippen LogP contribution in [-0.2, 0) is 33.0 Å². The first kappa shape index (κ1) is 34.9. The van der Waals surface area contributed by atoms with Crippen LogP contribution in [0.4, 0.5) is 0 Å². The highest BCUT2D eigenvalue weighted by atomic mass is 35.5. The fourth-order valence-corrected chi connectivity index (χ4v) is 9.06. The van der Waals surface area contributed by atoms with Gasteiger partial charge in [0.1, 0.15) is 5.75 Å². The predicted molar refractivity (Wildman–Crippen MR) is 185 cm³/mol. The number of sulfonamides is 2. The van der Waals surface area contributed by atoms with E-state index >= 15 is 0 Å². The summed E-state index contributed by atoms with van der Waals surface area (Å²) in [6.07, 6.45) is 3.26. The SMILES string of the molecule is CCc1c(C)n(CCCOc2cc(C)c(Cl)c(C)c2)c2ccc(C(=O)NS(=O)(=O)c3ccc(S(=O)(=O)N4CCC[C@@H](C)C4)cc3)cc12. The maximum absolute atomic E-state index is 13.2. The summed E-state index contributed by atoms with van der Waals surface area (Å²) in [5.74, 6) is 0.282. The molecule has 1 aliphatic rings. The van der Waals surface area contributed by atoms with Crippen LogP contribution in [0.3, 0.4) is 0 Å². The third-order valence-corrected chi connectivity index (χ3v) is 12.7. The van der Waals surface area contributed by atoms with Crippen LogP contribution < -0.4 is 9.46 Å². The van der Waals surface area contributed by atoms with E-state index in [2.05, 4.69) is 9.29 Å². The summed E-state index contributed by atoms with van der Waals surface area (Å²) in [5, 5.41) is 1.63. The van der Waals surface area contributed by atoms with E-state index in [0.717, 1.165) is 69.7 Å². The second kappa shape index (κ2) is 14.0. The first-order valence-electron chi connectivity index (χ1n) is 15.9. The van der Waals surface area contributed by atoms with Gasteiger partial charge in [-0.3, -0.25) is 4.79 Å². The van der Waals surface area contributed by atoms with Crippen LogP contribution in [0.2, 0.25) is 5.02 Å². The van der Waals surface area contributed by atoms with Gasteiger partial charge < -0.3 is 9.30 Å². The Balaban J connectivity index is 1.28.